The van der Waals surface area contributed by atoms with Crippen molar-refractivity contribution in [3.8, 4) is 5.75 Å². The van der Waals surface area contributed by atoms with E-state index in [4.69, 9.17) is 16.3 Å². The van der Waals surface area contributed by atoms with Gasteiger partial charge in [-0.25, -0.2) is 13.5 Å². The van der Waals surface area contributed by atoms with Crippen LogP contribution in [-0.2, 0) is 17.6 Å². The molecule has 176 valence electrons. The number of aromatic nitrogens is 3. The summed E-state index contributed by atoms with van der Waals surface area (Å²) in [5, 5.41) is 10.4. The summed E-state index contributed by atoms with van der Waals surface area (Å²) in [4.78, 5) is 12.5. The Morgan fingerprint density at radius 2 is 1.76 bits per heavy atom. The zero-order valence-electron chi connectivity index (χ0n) is 17.1. The van der Waals surface area contributed by atoms with Gasteiger partial charge in [0.15, 0.2) is 0 Å². The van der Waals surface area contributed by atoms with E-state index in [1.807, 2.05) is 0 Å². The molecule has 6 nitrogen and oxygen atoms in total. The Hall–Kier alpha value is -3.21. The molecule has 0 aliphatic carbocycles. The predicted octanol–water partition coefficient (Wildman–Crippen LogP) is 5.21. The van der Waals surface area contributed by atoms with Crippen molar-refractivity contribution in [1.82, 2.24) is 20.3 Å². The predicted molar refractivity (Wildman–Crippen MR) is 109 cm³/mol. The van der Waals surface area contributed by atoms with Crippen molar-refractivity contribution in [2.24, 2.45) is 0 Å². The highest BCUT2D eigenvalue weighted by Crippen LogP contribution is 2.31. The maximum Gasteiger partial charge on any atom is 0.416 e. The quantitative estimate of drug-likeness (QED) is 0.442. The number of rotatable bonds is 8. The molecule has 3 rings (SSSR count). The van der Waals surface area contributed by atoms with Crippen molar-refractivity contribution in [3.63, 3.8) is 0 Å². The third kappa shape index (κ3) is 6.41. The molecular formula is C21H18ClF5N4O2. The molecule has 1 N–H and O–H groups in total. The second-order valence-corrected chi connectivity index (χ2v) is 7.49. The lowest BCUT2D eigenvalue weighted by Gasteiger charge is -2.21. The number of hydrogen-bond donors (Lipinski definition) is 1. The molecule has 1 amide bonds. The summed E-state index contributed by atoms with van der Waals surface area (Å²) in [5.41, 5.74) is -0.748. The molecule has 0 aliphatic heterocycles. The third-order valence-electron chi connectivity index (χ3n) is 4.68. The van der Waals surface area contributed by atoms with Gasteiger partial charge in [-0.1, -0.05) is 28.9 Å². The van der Waals surface area contributed by atoms with E-state index in [1.54, 1.807) is 24.3 Å². The highest BCUT2D eigenvalue weighted by molar-refractivity contribution is 6.30. The van der Waals surface area contributed by atoms with Gasteiger partial charge in [0.05, 0.1) is 11.8 Å². The maximum atomic E-state index is 13.5. The maximum absolute atomic E-state index is 13.5. The van der Waals surface area contributed by atoms with Crippen molar-refractivity contribution in [3.05, 3.63) is 76.6 Å². The highest BCUT2D eigenvalue weighted by Gasteiger charge is 2.32. The zero-order valence-corrected chi connectivity index (χ0v) is 17.8. The molecule has 0 bridgehead atoms. The topological polar surface area (TPSA) is 69.0 Å². The number of halogens is 6. The molecule has 1 heterocycles. The molecular weight excluding hydrogens is 471 g/mol. The van der Waals surface area contributed by atoms with Crippen LogP contribution in [0.15, 0.2) is 54.7 Å². The van der Waals surface area contributed by atoms with Crippen LogP contribution in [0.1, 0.15) is 35.8 Å². The molecule has 2 unspecified atom stereocenters. The Morgan fingerprint density at radius 1 is 1.12 bits per heavy atom. The number of hydrogen-bond acceptors (Lipinski definition) is 4. The van der Waals surface area contributed by atoms with Gasteiger partial charge in [-0.3, -0.25) is 4.79 Å². The molecule has 12 heteroatoms. The van der Waals surface area contributed by atoms with E-state index in [0.29, 0.717) is 28.6 Å². The summed E-state index contributed by atoms with van der Waals surface area (Å²) in [7, 11) is 0. The van der Waals surface area contributed by atoms with Crippen LogP contribution in [0.4, 0.5) is 22.0 Å². The van der Waals surface area contributed by atoms with E-state index in [-0.39, 0.29) is 12.2 Å². The Labute approximate surface area is 190 Å². The Morgan fingerprint density at radius 3 is 2.33 bits per heavy atom. The normalized spacial score (nSPS) is 13.6. The van der Waals surface area contributed by atoms with Crippen LogP contribution >= 0.6 is 11.6 Å². The Bertz CT molecular complexity index is 1070. The van der Waals surface area contributed by atoms with Crippen molar-refractivity contribution in [1.29, 1.82) is 0 Å². The van der Waals surface area contributed by atoms with Crippen LogP contribution in [0, 0.1) is 0 Å². The molecule has 0 aliphatic rings. The minimum Gasteiger partial charge on any atom is -0.487 e. The van der Waals surface area contributed by atoms with Crippen molar-refractivity contribution < 1.29 is 31.5 Å². The summed E-state index contributed by atoms with van der Waals surface area (Å²) < 4.78 is 71.9. The van der Waals surface area contributed by atoms with E-state index < -0.39 is 36.2 Å². The number of ether oxygens (including phenoxy) is 1. The van der Waals surface area contributed by atoms with Crippen LogP contribution in [0.5, 0.6) is 5.75 Å². The van der Waals surface area contributed by atoms with Gasteiger partial charge in [0.25, 0.3) is 6.43 Å². The van der Waals surface area contributed by atoms with Crippen LogP contribution in [0.3, 0.4) is 0 Å². The summed E-state index contributed by atoms with van der Waals surface area (Å²) in [6.07, 6.45) is -6.22. The van der Waals surface area contributed by atoms with Crippen molar-refractivity contribution >= 4 is 17.5 Å². The zero-order chi connectivity index (χ0) is 24.2. The molecule has 0 fully saturated rings. The average molecular weight is 489 g/mol. The highest BCUT2D eigenvalue weighted by atomic mass is 35.5. The van der Waals surface area contributed by atoms with Gasteiger partial charge < -0.3 is 10.1 Å². The lowest BCUT2D eigenvalue weighted by molar-refractivity contribution is -0.137. The van der Waals surface area contributed by atoms with Gasteiger partial charge in [-0.05, 0) is 48.9 Å². The lowest BCUT2D eigenvalue weighted by atomic mass is 10.0. The van der Waals surface area contributed by atoms with Gasteiger partial charge in [0, 0.05) is 5.02 Å². The first-order valence-corrected chi connectivity index (χ1v) is 9.97. The van der Waals surface area contributed by atoms with Crippen molar-refractivity contribution in [2.45, 2.75) is 38.2 Å². The summed E-state index contributed by atoms with van der Waals surface area (Å²) in [6.45, 7) is 1.46. The minimum absolute atomic E-state index is 0.0428. The number of carbonyl (C=O) groups excluding carboxylic acids is 1. The molecule has 2 atom stereocenters. The van der Waals surface area contributed by atoms with E-state index in [1.165, 1.54) is 17.8 Å². The van der Waals surface area contributed by atoms with Gasteiger partial charge in [-0.2, -0.15) is 13.2 Å². The van der Waals surface area contributed by atoms with Crippen molar-refractivity contribution in [2.75, 3.05) is 0 Å². The number of benzene rings is 2. The molecule has 3 aromatic rings. The monoisotopic (exact) mass is 488 g/mol. The fraction of sp³-hybridized carbons (Fsp3) is 0.286. The average Bonchev–Trinajstić information content (AvgIpc) is 3.24. The first-order chi connectivity index (χ1) is 15.5. The summed E-state index contributed by atoms with van der Waals surface area (Å²) >= 11 is 5.80. The Balaban J connectivity index is 1.64. The standard InChI is InChI=1S/C21H18ClF5N4O2/c1-12(31-10-16(29-30-31)11-33-17-8-6-15(22)7-9-17)20(32)28-18(19(23)24)13-2-4-14(5-3-13)21(25,26)27/h2-10,12,18-19H,11H2,1H3,(H,28,32). The SMILES string of the molecule is CC(C(=O)NC(c1ccc(C(F)(F)F)cc1)C(F)F)n1cc(COc2ccc(Cl)cc2)nn1. The van der Waals surface area contributed by atoms with Crippen LogP contribution in [0.2, 0.25) is 5.02 Å². The largest absolute Gasteiger partial charge is 0.487 e. The molecule has 33 heavy (non-hydrogen) atoms. The number of carbonyl (C=O) groups is 1. The van der Waals surface area contributed by atoms with Crippen LogP contribution in [0.25, 0.3) is 0 Å². The summed E-state index contributed by atoms with van der Waals surface area (Å²) in [6, 6.07) is 7.00. The molecule has 0 saturated carbocycles. The molecule has 1 aromatic heterocycles. The number of nitrogens with one attached hydrogen (secondary N) is 1. The first kappa shape index (κ1) is 24.4. The van der Waals surface area contributed by atoms with Gasteiger partial charge in [0.1, 0.15) is 30.1 Å². The van der Waals surface area contributed by atoms with E-state index in [2.05, 4.69) is 15.6 Å². The number of nitrogens with zero attached hydrogens (tertiary/aromatic N) is 3. The minimum atomic E-state index is -4.60. The third-order valence-corrected chi connectivity index (χ3v) is 4.93. The number of amides is 1. The lowest BCUT2D eigenvalue weighted by Crippen LogP contribution is -2.37. The first-order valence-electron chi connectivity index (χ1n) is 9.59. The number of alkyl halides is 5. The summed E-state index contributed by atoms with van der Waals surface area (Å²) in [5.74, 6) is -0.272. The van der Waals surface area contributed by atoms with Crippen LogP contribution in [-0.4, -0.2) is 27.3 Å². The van der Waals surface area contributed by atoms with Gasteiger partial charge in [0.2, 0.25) is 5.91 Å². The fourth-order valence-electron chi connectivity index (χ4n) is 2.82. The second kappa shape index (κ2) is 10.2. The molecule has 0 radical (unpaired) electrons. The van der Waals surface area contributed by atoms with E-state index in [0.717, 1.165) is 12.1 Å². The van der Waals surface area contributed by atoms with Gasteiger partial charge in [-0.15, -0.1) is 5.10 Å². The van der Waals surface area contributed by atoms with Gasteiger partial charge >= 0.3 is 6.18 Å². The fourth-order valence-corrected chi connectivity index (χ4v) is 2.95. The molecule has 2 aromatic carbocycles. The second-order valence-electron chi connectivity index (χ2n) is 7.05. The molecule has 0 saturated heterocycles. The van der Waals surface area contributed by atoms with E-state index in [9.17, 15) is 26.7 Å². The molecule has 0 spiro atoms. The van der Waals surface area contributed by atoms with E-state index >= 15 is 0 Å². The van der Waals surface area contributed by atoms with Crippen LogP contribution < -0.4 is 10.1 Å². The Kier molecular flexibility index (Phi) is 7.52. The smallest absolute Gasteiger partial charge is 0.416 e.